The molecule has 1 aliphatic heterocycles. The Balaban J connectivity index is 1.87. The number of aromatic nitrogens is 3. The van der Waals surface area contributed by atoms with Crippen molar-refractivity contribution in [1.29, 1.82) is 0 Å². The van der Waals surface area contributed by atoms with Gasteiger partial charge in [0.2, 0.25) is 0 Å². The first-order chi connectivity index (χ1) is 11.6. The molecule has 0 saturated carbocycles. The molecule has 0 unspecified atom stereocenters. The third-order valence-electron chi connectivity index (χ3n) is 4.47. The summed E-state index contributed by atoms with van der Waals surface area (Å²) in [6.07, 6.45) is 2.01. The molecule has 3 rings (SSSR count). The monoisotopic (exact) mass is 347 g/mol. The van der Waals surface area contributed by atoms with Gasteiger partial charge < -0.3 is 10.2 Å². The summed E-state index contributed by atoms with van der Waals surface area (Å²) >= 11 is 6.06. The van der Waals surface area contributed by atoms with E-state index in [1.165, 1.54) is 0 Å². The Labute approximate surface area is 146 Å². The van der Waals surface area contributed by atoms with Crippen LogP contribution in [0.3, 0.4) is 0 Å². The van der Waals surface area contributed by atoms with E-state index in [-0.39, 0.29) is 5.91 Å². The van der Waals surface area contributed by atoms with Crippen LogP contribution in [0.15, 0.2) is 24.3 Å². The van der Waals surface area contributed by atoms with Crippen molar-refractivity contribution in [2.75, 3.05) is 24.5 Å². The molecule has 1 aliphatic rings. The minimum atomic E-state index is -0.141. The molecule has 6 nitrogen and oxygen atoms in total. The lowest BCUT2D eigenvalue weighted by Gasteiger charge is -2.24. The van der Waals surface area contributed by atoms with Gasteiger partial charge >= 0.3 is 0 Å². The molecule has 0 bridgehead atoms. The molecule has 1 amide bonds. The molecule has 1 aromatic heterocycles. The zero-order valence-corrected chi connectivity index (χ0v) is 14.8. The lowest BCUT2D eigenvalue weighted by molar-refractivity contribution is 0.0983. The molecule has 2 heterocycles. The van der Waals surface area contributed by atoms with E-state index >= 15 is 0 Å². The second-order valence-electron chi connectivity index (χ2n) is 5.98. The minimum absolute atomic E-state index is 0.141. The van der Waals surface area contributed by atoms with Gasteiger partial charge in [-0.05, 0) is 58.0 Å². The average molecular weight is 348 g/mol. The van der Waals surface area contributed by atoms with Gasteiger partial charge in [-0.25, -0.2) is 4.68 Å². The quantitative estimate of drug-likeness (QED) is 0.923. The number of halogens is 1. The predicted molar refractivity (Wildman–Crippen MR) is 94.7 cm³/mol. The average Bonchev–Trinajstić information content (AvgIpc) is 2.98. The number of nitrogens with zero attached hydrogens (tertiary/aromatic N) is 4. The van der Waals surface area contributed by atoms with Crippen LogP contribution in [-0.2, 0) is 0 Å². The molecule has 0 atom stereocenters. The second kappa shape index (κ2) is 7.32. The van der Waals surface area contributed by atoms with Gasteiger partial charge in [0.25, 0.3) is 5.91 Å². The molecular formula is C17H22ClN5O. The third-order valence-corrected chi connectivity index (χ3v) is 4.70. The van der Waals surface area contributed by atoms with Crippen molar-refractivity contribution in [3.05, 3.63) is 40.7 Å². The van der Waals surface area contributed by atoms with Crippen molar-refractivity contribution in [2.45, 2.75) is 32.7 Å². The lowest BCUT2D eigenvalue weighted by Crippen LogP contribution is -2.32. The number of anilines is 1. The maximum atomic E-state index is 13.0. The molecular weight excluding hydrogens is 326 g/mol. The fraction of sp³-hybridized carbons (Fsp3) is 0.471. The van der Waals surface area contributed by atoms with E-state index in [2.05, 4.69) is 15.6 Å². The van der Waals surface area contributed by atoms with Crippen LogP contribution in [0.4, 0.5) is 5.69 Å². The van der Waals surface area contributed by atoms with Gasteiger partial charge in [-0.3, -0.25) is 4.79 Å². The van der Waals surface area contributed by atoms with Crippen molar-refractivity contribution in [3.8, 4) is 0 Å². The number of piperidine rings is 1. The Bertz CT molecular complexity index is 724. The molecule has 1 N–H and O–H groups in total. The summed E-state index contributed by atoms with van der Waals surface area (Å²) in [6.45, 7) is 6.33. The van der Waals surface area contributed by atoms with Crippen molar-refractivity contribution >= 4 is 23.2 Å². The van der Waals surface area contributed by atoms with Gasteiger partial charge in [-0.2, -0.15) is 0 Å². The Hall–Kier alpha value is -1.92. The van der Waals surface area contributed by atoms with E-state index in [0.29, 0.717) is 23.3 Å². The van der Waals surface area contributed by atoms with Gasteiger partial charge in [0.05, 0.1) is 11.7 Å². The molecule has 0 spiro atoms. The molecule has 2 aromatic rings. The fourth-order valence-corrected chi connectivity index (χ4v) is 3.34. The maximum Gasteiger partial charge on any atom is 0.280 e. The Morgan fingerprint density at radius 1 is 1.42 bits per heavy atom. The highest BCUT2D eigenvalue weighted by Gasteiger charge is 2.26. The number of nitrogens with one attached hydrogen (secondary N) is 1. The van der Waals surface area contributed by atoms with Crippen molar-refractivity contribution < 1.29 is 4.79 Å². The highest BCUT2D eigenvalue weighted by atomic mass is 35.5. The van der Waals surface area contributed by atoms with Crippen LogP contribution < -0.4 is 10.2 Å². The summed E-state index contributed by atoms with van der Waals surface area (Å²) < 4.78 is 1.90. The van der Waals surface area contributed by atoms with Crippen LogP contribution in [0.1, 0.15) is 42.0 Å². The van der Waals surface area contributed by atoms with E-state index < -0.39 is 0 Å². The van der Waals surface area contributed by atoms with Crippen molar-refractivity contribution in [3.63, 3.8) is 0 Å². The highest BCUT2D eigenvalue weighted by Crippen LogP contribution is 2.24. The Morgan fingerprint density at radius 3 is 2.83 bits per heavy atom. The fourth-order valence-electron chi connectivity index (χ4n) is 3.15. The van der Waals surface area contributed by atoms with Gasteiger partial charge in [0, 0.05) is 17.3 Å². The zero-order valence-electron chi connectivity index (χ0n) is 14.0. The van der Waals surface area contributed by atoms with Crippen LogP contribution in [0.25, 0.3) is 0 Å². The standard InChI is InChI=1S/C17H22ClN5O/c1-3-22(15-6-4-5-13(18)11-15)17(24)16-12(2)23(21-20-16)14-7-9-19-10-8-14/h4-6,11,14,19H,3,7-10H2,1-2H3. The molecule has 7 heteroatoms. The zero-order chi connectivity index (χ0) is 17.1. The summed E-state index contributed by atoms with van der Waals surface area (Å²) in [5, 5.41) is 12.4. The predicted octanol–water partition coefficient (Wildman–Crippen LogP) is 2.83. The van der Waals surface area contributed by atoms with E-state index in [9.17, 15) is 4.79 Å². The number of rotatable bonds is 4. The molecule has 24 heavy (non-hydrogen) atoms. The first-order valence-electron chi connectivity index (χ1n) is 8.31. The van der Waals surface area contributed by atoms with Gasteiger partial charge in [-0.15, -0.1) is 5.10 Å². The molecule has 0 radical (unpaired) electrons. The van der Waals surface area contributed by atoms with Crippen molar-refractivity contribution in [2.24, 2.45) is 0 Å². The summed E-state index contributed by atoms with van der Waals surface area (Å²) in [7, 11) is 0. The highest BCUT2D eigenvalue weighted by molar-refractivity contribution is 6.31. The topological polar surface area (TPSA) is 63.1 Å². The number of benzene rings is 1. The lowest BCUT2D eigenvalue weighted by atomic mass is 10.1. The summed E-state index contributed by atoms with van der Waals surface area (Å²) in [4.78, 5) is 14.6. The summed E-state index contributed by atoms with van der Waals surface area (Å²) in [5.74, 6) is -0.141. The summed E-state index contributed by atoms with van der Waals surface area (Å²) in [6, 6.07) is 7.60. The SMILES string of the molecule is CCN(C(=O)c1nnn(C2CCNCC2)c1C)c1cccc(Cl)c1. The molecule has 1 aromatic carbocycles. The Kier molecular flexibility index (Phi) is 5.16. The minimum Gasteiger partial charge on any atom is -0.317 e. The van der Waals surface area contributed by atoms with Crippen LogP contribution in [0, 0.1) is 6.92 Å². The number of hydrogen-bond acceptors (Lipinski definition) is 4. The normalized spacial score (nSPS) is 15.5. The maximum absolute atomic E-state index is 13.0. The van der Waals surface area contributed by atoms with E-state index in [1.54, 1.807) is 17.0 Å². The second-order valence-corrected chi connectivity index (χ2v) is 6.41. The van der Waals surface area contributed by atoms with Crippen molar-refractivity contribution in [1.82, 2.24) is 20.3 Å². The summed E-state index contributed by atoms with van der Waals surface area (Å²) in [5.41, 5.74) is 2.01. The van der Waals surface area contributed by atoms with Crippen LogP contribution in [-0.4, -0.2) is 40.5 Å². The first-order valence-corrected chi connectivity index (χ1v) is 8.69. The first kappa shape index (κ1) is 16.9. The molecule has 1 saturated heterocycles. The molecule has 0 aliphatic carbocycles. The number of carbonyl (C=O) groups excluding carboxylic acids is 1. The van der Waals surface area contributed by atoms with Gasteiger partial charge in [0.15, 0.2) is 5.69 Å². The number of carbonyl (C=O) groups is 1. The van der Waals surface area contributed by atoms with Crippen LogP contribution in [0.2, 0.25) is 5.02 Å². The number of hydrogen-bond donors (Lipinski definition) is 1. The third kappa shape index (κ3) is 3.30. The van der Waals surface area contributed by atoms with E-state index in [1.807, 2.05) is 30.7 Å². The van der Waals surface area contributed by atoms with Gasteiger partial charge in [0.1, 0.15) is 0 Å². The van der Waals surface area contributed by atoms with Gasteiger partial charge in [-0.1, -0.05) is 22.9 Å². The molecule has 128 valence electrons. The van der Waals surface area contributed by atoms with E-state index in [4.69, 9.17) is 11.6 Å². The van der Waals surface area contributed by atoms with Crippen LogP contribution in [0.5, 0.6) is 0 Å². The number of amides is 1. The largest absolute Gasteiger partial charge is 0.317 e. The smallest absolute Gasteiger partial charge is 0.280 e. The van der Waals surface area contributed by atoms with Crippen LogP contribution >= 0.6 is 11.6 Å². The molecule has 1 fully saturated rings. The Morgan fingerprint density at radius 2 is 2.17 bits per heavy atom. The van der Waals surface area contributed by atoms with E-state index in [0.717, 1.165) is 37.3 Å².